The molecule has 0 saturated carbocycles. The van der Waals surface area contributed by atoms with Crippen molar-refractivity contribution in [2.45, 2.75) is 24.8 Å². The average molecular weight is 455 g/mol. The van der Waals surface area contributed by atoms with Crippen LogP contribution in [0.4, 0.5) is 29.6 Å². The lowest BCUT2D eigenvalue weighted by atomic mass is 9.89. The number of nitrogens with zero attached hydrogens (tertiary/aromatic N) is 4. The Labute approximate surface area is 180 Å². The molecule has 14 heteroatoms. The van der Waals surface area contributed by atoms with Crippen LogP contribution >= 0.6 is 0 Å². The van der Waals surface area contributed by atoms with Crippen LogP contribution < -0.4 is 21.5 Å². The van der Waals surface area contributed by atoms with Gasteiger partial charge in [-0.2, -0.15) is 8.78 Å². The van der Waals surface area contributed by atoms with Gasteiger partial charge in [0, 0.05) is 13.5 Å². The molecule has 0 bridgehead atoms. The molecule has 1 amide bonds. The average Bonchev–Trinajstić information content (AvgIpc) is 2.73. The molecule has 3 rings (SSSR count). The molecule has 5 N–H and O–H groups in total. The van der Waals surface area contributed by atoms with E-state index in [1.807, 2.05) is 0 Å². The lowest BCUT2D eigenvalue weighted by Gasteiger charge is -2.36. The number of anilines is 2. The number of hydrogen-bond donors (Lipinski definition) is 3. The van der Waals surface area contributed by atoms with Crippen molar-refractivity contribution in [1.29, 1.82) is 0 Å². The van der Waals surface area contributed by atoms with Gasteiger partial charge >= 0.3 is 12.0 Å². The van der Waals surface area contributed by atoms with E-state index >= 15 is 0 Å². The molecule has 172 valence electrons. The lowest BCUT2D eigenvalue weighted by Crippen LogP contribution is -2.51. The molecule has 0 aromatic carbocycles. The van der Waals surface area contributed by atoms with E-state index in [0.717, 1.165) is 19.1 Å². The third kappa shape index (κ3) is 4.64. The third-order valence-corrected chi connectivity index (χ3v) is 4.55. The van der Waals surface area contributed by atoms with E-state index in [9.17, 15) is 18.0 Å². The number of carbonyl (C=O) groups excluding carboxylic acids is 1. The highest BCUT2D eigenvalue weighted by molar-refractivity contribution is 5.85. The fourth-order valence-electron chi connectivity index (χ4n) is 2.77. The van der Waals surface area contributed by atoms with E-state index in [4.69, 9.17) is 20.9 Å². The van der Waals surface area contributed by atoms with Crippen molar-refractivity contribution in [2.24, 2.45) is 10.7 Å². The molecule has 0 fully saturated rings. The van der Waals surface area contributed by atoms with Gasteiger partial charge in [0.25, 0.3) is 11.9 Å². The molecule has 1 atom stereocenters. The van der Waals surface area contributed by atoms with Gasteiger partial charge in [0.15, 0.2) is 18.0 Å². The van der Waals surface area contributed by atoms with Crippen LogP contribution in [0.5, 0.6) is 5.88 Å². The number of pyridine rings is 1. The van der Waals surface area contributed by atoms with E-state index in [1.165, 1.54) is 13.3 Å². The summed E-state index contributed by atoms with van der Waals surface area (Å²) in [6.45, 7) is 0.239. The highest BCUT2D eigenvalue weighted by atomic mass is 19.3. The molecule has 3 heterocycles. The monoisotopic (exact) mass is 455 g/mol. The number of aliphatic imine (C=N–C) groups is 1. The molecule has 1 aliphatic rings. The van der Waals surface area contributed by atoms with Gasteiger partial charge < -0.3 is 25.7 Å². The largest absolute Gasteiger partial charge is 0.459 e. The quantitative estimate of drug-likeness (QED) is 0.588. The third-order valence-electron chi connectivity index (χ3n) is 4.55. The standard InChI is InChI=1S/C18H20F3N7O4/c1-17(18(20,21)8-31-15(23)28-17)12-10(19)3-4-11(26-12)27-16(29)32-14-13(22)25-9(7-24-14)5-6-30-2/h3-4,7H,5-6,8H2,1-2H3,(H2,22,25)(H2,23,28)(H,26,27,29)/t17-/m1/s1. The van der Waals surface area contributed by atoms with Crippen LogP contribution in [0.3, 0.4) is 0 Å². The number of nitrogen functional groups attached to an aromatic ring is 1. The Bertz CT molecular complexity index is 1050. The number of hydrogen-bond acceptors (Lipinski definition) is 10. The van der Waals surface area contributed by atoms with Crippen LogP contribution in [0.2, 0.25) is 0 Å². The van der Waals surface area contributed by atoms with Gasteiger partial charge in [-0.3, -0.25) is 5.32 Å². The Kier molecular flexibility index (Phi) is 6.34. The first-order chi connectivity index (χ1) is 15.1. The van der Waals surface area contributed by atoms with Crippen molar-refractivity contribution >= 4 is 23.8 Å². The van der Waals surface area contributed by atoms with Crippen molar-refractivity contribution in [2.75, 3.05) is 31.4 Å². The minimum absolute atomic E-state index is 0.152. The normalized spacial score (nSPS) is 19.6. The molecule has 0 aliphatic carbocycles. The number of nitrogens with two attached hydrogens (primary N) is 2. The highest BCUT2D eigenvalue weighted by Gasteiger charge is 2.57. The fraction of sp³-hybridized carbons (Fsp3) is 0.389. The molecule has 0 spiro atoms. The zero-order chi connectivity index (χ0) is 23.5. The molecule has 2 aromatic heterocycles. The van der Waals surface area contributed by atoms with Crippen molar-refractivity contribution in [1.82, 2.24) is 15.0 Å². The predicted molar refractivity (Wildman–Crippen MR) is 106 cm³/mol. The Balaban J connectivity index is 1.79. The number of alkyl halides is 2. The van der Waals surface area contributed by atoms with Gasteiger partial charge in [-0.1, -0.05) is 0 Å². The first-order valence-electron chi connectivity index (χ1n) is 9.18. The van der Waals surface area contributed by atoms with Crippen molar-refractivity contribution < 1.29 is 32.2 Å². The van der Waals surface area contributed by atoms with Gasteiger partial charge in [-0.25, -0.2) is 29.1 Å². The van der Waals surface area contributed by atoms with Crippen molar-refractivity contribution in [3.05, 3.63) is 35.5 Å². The van der Waals surface area contributed by atoms with Crippen LogP contribution in [0.15, 0.2) is 23.3 Å². The minimum atomic E-state index is -3.63. The molecule has 0 saturated heterocycles. The zero-order valence-electron chi connectivity index (χ0n) is 17.1. The summed E-state index contributed by atoms with van der Waals surface area (Å²) in [5.74, 6) is -5.43. The first-order valence-corrected chi connectivity index (χ1v) is 9.18. The summed E-state index contributed by atoms with van der Waals surface area (Å²) in [6.07, 6.45) is 0.694. The Morgan fingerprint density at radius 3 is 2.75 bits per heavy atom. The lowest BCUT2D eigenvalue weighted by molar-refractivity contribution is -0.118. The maximum absolute atomic E-state index is 14.5. The minimum Gasteiger partial charge on any atom is -0.459 e. The number of methoxy groups -OCH3 is 1. The summed E-state index contributed by atoms with van der Waals surface area (Å²) < 4.78 is 57.8. The number of nitrogens with one attached hydrogen (secondary N) is 1. The van der Waals surface area contributed by atoms with Crippen LogP contribution in [-0.4, -0.2) is 53.3 Å². The maximum atomic E-state index is 14.5. The zero-order valence-corrected chi connectivity index (χ0v) is 17.1. The molecule has 2 aromatic rings. The topological polar surface area (TPSA) is 160 Å². The Morgan fingerprint density at radius 2 is 2.06 bits per heavy atom. The van der Waals surface area contributed by atoms with Gasteiger partial charge in [0.2, 0.25) is 0 Å². The van der Waals surface area contributed by atoms with Crippen LogP contribution in [0.1, 0.15) is 18.3 Å². The van der Waals surface area contributed by atoms with Gasteiger partial charge in [-0.15, -0.1) is 0 Å². The molecule has 32 heavy (non-hydrogen) atoms. The summed E-state index contributed by atoms with van der Waals surface area (Å²) in [5.41, 5.74) is 8.44. The summed E-state index contributed by atoms with van der Waals surface area (Å²) in [7, 11) is 1.53. The first kappa shape index (κ1) is 23.0. The van der Waals surface area contributed by atoms with E-state index < -0.39 is 41.7 Å². The summed E-state index contributed by atoms with van der Waals surface area (Å²) >= 11 is 0. The summed E-state index contributed by atoms with van der Waals surface area (Å²) in [5, 5.41) is 2.19. The molecular weight excluding hydrogens is 435 g/mol. The summed E-state index contributed by atoms with van der Waals surface area (Å²) in [6, 6.07) is 1.36. The highest BCUT2D eigenvalue weighted by Crippen LogP contribution is 2.43. The second kappa shape index (κ2) is 8.82. The second-order valence-corrected chi connectivity index (χ2v) is 6.85. The smallest absolute Gasteiger partial charge is 0.419 e. The van der Waals surface area contributed by atoms with Crippen LogP contribution in [0.25, 0.3) is 0 Å². The number of amidine groups is 1. The van der Waals surface area contributed by atoms with E-state index in [-0.39, 0.29) is 17.5 Å². The number of ether oxygens (including phenoxy) is 3. The summed E-state index contributed by atoms with van der Waals surface area (Å²) in [4.78, 5) is 27.5. The number of halogens is 3. The molecule has 11 nitrogen and oxygen atoms in total. The van der Waals surface area contributed by atoms with Crippen LogP contribution in [0, 0.1) is 5.82 Å². The second-order valence-electron chi connectivity index (χ2n) is 6.85. The van der Waals surface area contributed by atoms with Gasteiger partial charge in [0.1, 0.15) is 17.3 Å². The van der Waals surface area contributed by atoms with Crippen molar-refractivity contribution in [3.63, 3.8) is 0 Å². The molecule has 1 aliphatic heterocycles. The number of rotatable bonds is 6. The van der Waals surface area contributed by atoms with E-state index in [1.54, 1.807) is 0 Å². The van der Waals surface area contributed by atoms with Gasteiger partial charge in [-0.05, 0) is 19.1 Å². The number of carbonyl (C=O) groups is 1. The van der Waals surface area contributed by atoms with E-state index in [0.29, 0.717) is 18.7 Å². The van der Waals surface area contributed by atoms with Gasteiger partial charge in [0.05, 0.1) is 18.5 Å². The van der Waals surface area contributed by atoms with Crippen LogP contribution in [-0.2, 0) is 21.4 Å². The SMILES string of the molecule is COCCc1cnc(OC(=O)Nc2ccc(F)c([C@@]3(C)N=C(N)OCC3(F)F)n2)c(N)n1. The Hall–Kier alpha value is -3.68. The molecule has 0 unspecified atom stereocenters. The molecular formula is C18H20F3N7O4. The maximum Gasteiger partial charge on any atom is 0.419 e. The Morgan fingerprint density at radius 1 is 1.31 bits per heavy atom. The fourth-order valence-corrected chi connectivity index (χ4v) is 2.77. The van der Waals surface area contributed by atoms with E-state index in [2.05, 4.69) is 30.0 Å². The number of amides is 1. The molecule has 0 radical (unpaired) electrons. The number of aromatic nitrogens is 3. The predicted octanol–water partition coefficient (Wildman–Crippen LogP) is 1.59. The van der Waals surface area contributed by atoms with Crippen molar-refractivity contribution in [3.8, 4) is 5.88 Å².